The SMILES string of the molecule is CCCNC(CC)c1cc2c(cc1Br)OCCCO2. The molecule has 19 heavy (non-hydrogen) atoms. The van der Waals surface area contributed by atoms with Gasteiger partial charge in [-0.3, -0.25) is 0 Å². The number of nitrogens with one attached hydrogen (secondary N) is 1. The second-order valence-electron chi connectivity index (χ2n) is 4.79. The van der Waals surface area contributed by atoms with Crippen LogP contribution >= 0.6 is 15.9 Å². The summed E-state index contributed by atoms with van der Waals surface area (Å²) in [6.45, 7) is 6.86. The van der Waals surface area contributed by atoms with E-state index in [2.05, 4.69) is 41.2 Å². The summed E-state index contributed by atoms with van der Waals surface area (Å²) >= 11 is 3.66. The van der Waals surface area contributed by atoms with Gasteiger partial charge in [-0.15, -0.1) is 0 Å². The Balaban J connectivity index is 2.26. The molecule has 3 nitrogen and oxygen atoms in total. The van der Waals surface area contributed by atoms with Crippen LogP contribution in [0.15, 0.2) is 16.6 Å². The lowest BCUT2D eigenvalue weighted by Gasteiger charge is -2.20. The van der Waals surface area contributed by atoms with Crippen LogP contribution in [0.4, 0.5) is 0 Å². The third-order valence-corrected chi connectivity index (χ3v) is 3.98. The molecule has 0 saturated heterocycles. The normalized spacial score (nSPS) is 15.9. The highest BCUT2D eigenvalue weighted by atomic mass is 79.9. The minimum absolute atomic E-state index is 0.353. The molecule has 1 N–H and O–H groups in total. The standard InChI is InChI=1S/C15H22BrNO2/c1-3-6-17-13(4-2)11-9-14-15(10-12(11)16)19-8-5-7-18-14/h9-10,13,17H,3-8H2,1-2H3. The molecule has 1 atom stereocenters. The van der Waals surface area contributed by atoms with E-state index in [1.54, 1.807) is 0 Å². The molecule has 0 spiro atoms. The summed E-state index contributed by atoms with van der Waals surface area (Å²) in [4.78, 5) is 0. The fourth-order valence-corrected chi connectivity index (χ4v) is 2.86. The van der Waals surface area contributed by atoms with E-state index >= 15 is 0 Å². The summed E-state index contributed by atoms with van der Waals surface area (Å²) in [5, 5.41) is 3.57. The summed E-state index contributed by atoms with van der Waals surface area (Å²) < 4.78 is 12.6. The molecule has 1 aliphatic heterocycles. The van der Waals surface area contributed by atoms with E-state index < -0.39 is 0 Å². The summed E-state index contributed by atoms with van der Waals surface area (Å²) in [6, 6.07) is 4.50. The van der Waals surface area contributed by atoms with Crippen LogP contribution in [0.5, 0.6) is 11.5 Å². The molecule has 2 rings (SSSR count). The molecule has 0 amide bonds. The van der Waals surface area contributed by atoms with Crippen molar-refractivity contribution in [3.05, 3.63) is 22.2 Å². The second-order valence-corrected chi connectivity index (χ2v) is 5.64. The van der Waals surface area contributed by atoms with Crippen molar-refractivity contribution in [3.8, 4) is 11.5 Å². The van der Waals surface area contributed by atoms with E-state index in [1.165, 1.54) is 5.56 Å². The molecule has 1 unspecified atom stereocenters. The third kappa shape index (κ3) is 3.63. The molecule has 4 heteroatoms. The Kier molecular flexibility index (Phi) is 5.52. The van der Waals surface area contributed by atoms with Gasteiger partial charge in [0.15, 0.2) is 11.5 Å². The summed E-state index contributed by atoms with van der Waals surface area (Å²) in [5.74, 6) is 1.71. The van der Waals surface area contributed by atoms with Gasteiger partial charge in [0.05, 0.1) is 13.2 Å². The smallest absolute Gasteiger partial charge is 0.162 e. The molecule has 1 aliphatic rings. The Labute approximate surface area is 123 Å². The Morgan fingerprint density at radius 3 is 2.53 bits per heavy atom. The van der Waals surface area contributed by atoms with Crippen molar-refractivity contribution in [2.45, 2.75) is 39.2 Å². The van der Waals surface area contributed by atoms with Gasteiger partial charge in [-0.1, -0.05) is 29.8 Å². The van der Waals surface area contributed by atoms with E-state index in [-0.39, 0.29) is 0 Å². The Hall–Kier alpha value is -0.740. The first-order chi connectivity index (χ1) is 9.26. The zero-order valence-corrected chi connectivity index (χ0v) is 13.3. The zero-order chi connectivity index (χ0) is 13.7. The lowest BCUT2D eigenvalue weighted by atomic mass is 10.0. The quantitative estimate of drug-likeness (QED) is 0.884. The zero-order valence-electron chi connectivity index (χ0n) is 11.7. The lowest BCUT2D eigenvalue weighted by Crippen LogP contribution is -2.21. The third-order valence-electron chi connectivity index (χ3n) is 3.29. The van der Waals surface area contributed by atoms with Crippen molar-refractivity contribution in [2.24, 2.45) is 0 Å². The molecule has 0 saturated carbocycles. The van der Waals surface area contributed by atoms with Crippen LogP contribution in [0.2, 0.25) is 0 Å². The minimum Gasteiger partial charge on any atom is -0.490 e. The van der Waals surface area contributed by atoms with Gasteiger partial charge in [0.25, 0.3) is 0 Å². The van der Waals surface area contributed by atoms with Crippen molar-refractivity contribution in [1.82, 2.24) is 5.32 Å². The van der Waals surface area contributed by atoms with Crippen LogP contribution in [0.1, 0.15) is 44.7 Å². The van der Waals surface area contributed by atoms with Crippen LogP contribution < -0.4 is 14.8 Å². The number of ether oxygens (including phenoxy) is 2. The van der Waals surface area contributed by atoms with Crippen molar-refractivity contribution in [1.29, 1.82) is 0 Å². The average Bonchev–Trinajstić information content (AvgIpc) is 2.64. The van der Waals surface area contributed by atoms with Gasteiger partial charge in [0.1, 0.15) is 0 Å². The van der Waals surface area contributed by atoms with Crippen molar-refractivity contribution >= 4 is 15.9 Å². The molecule has 1 aromatic rings. The number of hydrogen-bond donors (Lipinski definition) is 1. The summed E-state index contributed by atoms with van der Waals surface area (Å²) in [5.41, 5.74) is 1.25. The van der Waals surface area contributed by atoms with E-state index in [0.717, 1.165) is 55.0 Å². The highest BCUT2D eigenvalue weighted by Gasteiger charge is 2.18. The van der Waals surface area contributed by atoms with Crippen molar-refractivity contribution < 1.29 is 9.47 Å². The van der Waals surface area contributed by atoms with Crippen LogP contribution in [0.3, 0.4) is 0 Å². The highest BCUT2D eigenvalue weighted by Crippen LogP contribution is 2.38. The van der Waals surface area contributed by atoms with Crippen LogP contribution in [-0.4, -0.2) is 19.8 Å². The maximum Gasteiger partial charge on any atom is 0.162 e. The van der Waals surface area contributed by atoms with E-state index in [4.69, 9.17) is 9.47 Å². The Morgan fingerprint density at radius 2 is 1.89 bits per heavy atom. The maximum atomic E-state index is 5.77. The Morgan fingerprint density at radius 1 is 1.21 bits per heavy atom. The first-order valence-electron chi connectivity index (χ1n) is 7.08. The monoisotopic (exact) mass is 327 g/mol. The van der Waals surface area contributed by atoms with Crippen LogP contribution in [-0.2, 0) is 0 Å². The van der Waals surface area contributed by atoms with Crippen molar-refractivity contribution in [2.75, 3.05) is 19.8 Å². The highest BCUT2D eigenvalue weighted by molar-refractivity contribution is 9.10. The van der Waals surface area contributed by atoms with E-state index in [9.17, 15) is 0 Å². The number of hydrogen-bond acceptors (Lipinski definition) is 3. The van der Waals surface area contributed by atoms with Gasteiger partial charge < -0.3 is 14.8 Å². The Bertz CT molecular complexity index is 423. The lowest BCUT2D eigenvalue weighted by molar-refractivity contribution is 0.297. The molecule has 0 aromatic heterocycles. The minimum atomic E-state index is 0.353. The summed E-state index contributed by atoms with van der Waals surface area (Å²) in [6.07, 6.45) is 3.13. The van der Waals surface area contributed by atoms with Gasteiger partial charge in [0, 0.05) is 16.9 Å². The summed E-state index contributed by atoms with van der Waals surface area (Å²) in [7, 11) is 0. The molecule has 0 bridgehead atoms. The molecule has 0 aliphatic carbocycles. The van der Waals surface area contributed by atoms with Gasteiger partial charge in [-0.25, -0.2) is 0 Å². The topological polar surface area (TPSA) is 30.5 Å². The van der Waals surface area contributed by atoms with Gasteiger partial charge >= 0.3 is 0 Å². The van der Waals surface area contributed by atoms with Crippen LogP contribution in [0, 0.1) is 0 Å². The number of rotatable bonds is 5. The predicted molar refractivity (Wildman–Crippen MR) is 81.1 cm³/mol. The molecule has 1 heterocycles. The largest absolute Gasteiger partial charge is 0.490 e. The second kappa shape index (κ2) is 7.15. The predicted octanol–water partition coefficient (Wildman–Crippen LogP) is 4.06. The van der Waals surface area contributed by atoms with Crippen molar-refractivity contribution in [3.63, 3.8) is 0 Å². The first-order valence-corrected chi connectivity index (χ1v) is 7.88. The van der Waals surface area contributed by atoms with Gasteiger partial charge in [-0.05, 0) is 37.1 Å². The molecule has 0 fully saturated rings. The van der Waals surface area contributed by atoms with Crippen LogP contribution in [0.25, 0.3) is 0 Å². The molecule has 106 valence electrons. The number of halogens is 1. The maximum absolute atomic E-state index is 5.77. The number of fused-ring (bicyclic) bond motifs is 1. The molecular weight excluding hydrogens is 306 g/mol. The fourth-order valence-electron chi connectivity index (χ4n) is 2.26. The van der Waals surface area contributed by atoms with Gasteiger partial charge in [-0.2, -0.15) is 0 Å². The molecule has 1 aromatic carbocycles. The molecule has 0 radical (unpaired) electrons. The first kappa shape index (κ1) is 14.7. The van der Waals surface area contributed by atoms with E-state index in [0.29, 0.717) is 6.04 Å². The number of benzene rings is 1. The van der Waals surface area contributed by atoms with E-state index in [1.807, 2.05) is 6.07 Å². The fraction of sp³-hybridized carbons (Fsp3) is 0.600. The molecular formula is C15H22BrNO2. The van der Waals surface area contributed by atoms with Gasteiger partial charge in [0.2, 0.25) is 0 Å². The average molecular weight is 328 g/mol.